The summed E-state index contributed by atoms with van der Waals surface area (Å²) in [4.78, 5) is 8.24. The Hall–Kier alpha value is 2.78. The Morgan fingerprint density at radius 2 is 1.17 bits per heavy atom. The van der Waals surface area contributed by atoms with Gasteiger partial charge in [0.1, 0.15) is 0 Å². The van der Waals surface area contributed by atoms with Crippen molar-refractivity contribution in [2.75, 3.05) is 0 Å². The number of rotatable bonds is 0. The Balaban J connectivity index is -0.00000000667. The van der Waals surface area contributed by atoms with Crippen LogP contribution in [-0.2, 0) is 103 Å². The maximum Gasteiger partial charge on any atom is 0 e. The Morgan fingerprint density at radius 3 is 1.17 bits per heavy atom. The Bertz CT molecular complexity index is 16.3. The summed E-state index contributed by atoms with van der Waals surface area (Å²) in [6.07, 6.45) is 0. The largest absolute Gasteiger partial charge is 0.665 e. The molecule has 0 atom stereocenters. The fourth-order valence-corrected chi connectivity index (χ4v) is 0. The summed E-state index contributed by atoms with van der Waals surface area (Å²) in [5.41, 5.74) is 0. The zero-order chi connectivity index (χ0) is 2.71. The smallest absolute Gasteiger partial charge is 0 e. The van der Waals surface area contributed by atoms with Crippen LogP contribution in [0.25, 0.3) is 0 Å². The van der Waals surface area contributed by atoms with Crippen molar-refractivity contribution in [3.05, 3.63) is 0 Å². The van der Waals surface area contributed by atoms with Crippen molar-refractivity contribution in [1.29, 1.82) is 0 Å². The van der Waals surface area contributed by atoms with Crippen LogP contribution >= 0.6 is 0 Å². The van der Waals surface area contributed by atoms with E-state index in [4.69, 9.17) is 9.90 Å². The third-order valence-electron chi connectivity index (χ3n) is 0. The van der Waals surface area contributed by atoms with E-state index in [0.29, 0.717) is 6.47 Å². The molecule has 0 aromatic heterocycles. The van der Waals surface area contributed by atoms with Gasteiger partial charge in [-0.2, -0.15) is 0 Å². The molecule has 0 spiro atoms. The number of hydrogen-bond donors (Lipinski definition) is 1. The van der Waals surface area contributed by atoms with Crippen molar-refractivity contribution in [3.63, 3.8) is 0 Å². The standard InChI is InChI=1S/CHO2.3Y/c2-1-3;;;/h(H,2,3);;;/q-1;;;. The van der Waals surface area contributed by atoms with Crippen LogP contribution in [-0.4, -0.2) is 11.6 Å². The summed E-state index contributed by atoms with van der Waals surface area (Å²) in [6, 6.07) is 0. The van der Waals surface area contributed by atoms with Gasteiger partial charge in [-0.15, -0.1) is 0 Å². The molecule has 0 heterocycles. The van der Waals surface area contributed by atoms with Crippen molar-refractivity contribution >= 4 is 6.47 Å². The molecule has 27 valence electrons. The number of aliphatic hydroxyl groups excluding tert-OH is 1. The summed E-state index contributed by atoms with van der Waals surface area (Å²) < 4.78 is 0. The van der Waals surface area contributed by atoms with Crippen LogP contribution in [0.3, 0.4) is 0 Å². The molecular formula is CHO2Y3-. The minimum atomic E-state index is 0. The maximum atomic E-state index is 8.24. The molecule has 0 rings (SSSR count). The van der Waals surface area contributed by atoms with Crippen molar-refractivity contribution in [3.8, 4) is 0 Å². The summed E-state index contributed by atoms with van der Waals surface area (Å²) in [6.45, 7) is 0.500. The SMILES string of the molecule is O=[C-]O.[Y].[Y].[Y]. The molecule has 0 aliphatic rings. The van der Waals surface area contributed by atoms with E-state index in [2.05, 4.69) is 0 Å². The third kappa shape index (κ3) is 29.3. The molecule has 0 aromatic rings. The molecule has 0 unspecified atom stereocenters. The van der Waals surface area contributed by atoms with E-state index >= 15 is 0 Å². The van der Waals surface area contributed by atoms with Crippen LogP contribution in [0.4, 0.5) is 0 Å². The molecule has 0 aliphatic heterocycles. The van der Waals surface area contributed by atoms with Crippen LogP contribution in [0.5, 0.6) is 0 Å². The third-order valence-corrected chi connectivity index (χ3v) is 0. The van der Waals surface area contributed by atoms with Crippen molar-refractivity contribution in [1.82, 2.24) is 0 Å². The van der Waals surface area contributed by atoms with Gasteiger partial charge in [0.25, 0.3) is 0 Å². The van der Waals surface area contributed by atoms with Crippen LogP contribution in [0, 0.1) is 0 Å². The quantitative estimate of drug-likeness (QED) is 0.619. The van der Waals surface area contributed by atoms with E-state index in [-0.39, 0.29) is 98.1 Å². The molecule has 5 heteroatoms. The Labute approximate surface area is 112 Å². The van der Waals surface area contributed by atoms with Gasteiger partial charge in [0, 0.05) is 98.1 Å². The van der Waals surface area contributed by atoms with E-state index in [1.807, 2.05) is 0 Å². The molecule has 2 nitrogen and oxygen atoms in total. The van der Waals surface area contributed by atoms with E-state index in [1.165, 1.54) is 0 Å². The first-order valence-electron chi connectivity index (χ1n) is 0.428. The maximum absolute atomic E-state index is 8.24. The topological polar surface area (TPSA) is 37.3 Å². The molecule has 1 N–H and O–H groups in total. The zero-order valence-corrected chi connectivity index (χ0v) is 11.6. The summed E-state index contributed by atoms with van der Waals surface area (Å²) in [7, 11) is 0. The van der Waals surface area contributed by atoms with E-state index in [9.17, 15) is 0 Å². The fourth-order valence-electron chi connectivity index (χ4n) is 0. The van der Waals surface area contributed by atoms with Crippen molar-refractivity contribution < 1.29 is 108 Å². The first-order chi connectivity index (χ1) is 1.41. The van der Waals surface area contributed by atoms with Gasteiger partial charge in [0.2, 0.25) is 0 Å². The van der Waals surface area contributed by atoms with E-state index < -0.39 is 0 Å². The predicted octanol–water partition coefficient (Wildman–Crippen LogP) is -0.396. The Kier molecular flexibility index (Phi) is 97.0. The minimum absolute atomic E-state index is 0. The normalized spacial score (nSPS) is 2.00. The van der Waals surface area contributed by atoms with Crippen molar-refractivity contribution in [2.24, 2.45) is 0 Å². The molecule has 3 radical (unpaired) electrons. The summed E-state index contributed by atoms with van der Waals surface area (Å²) in [5, 5.41) is 6.76. The van der Waals surface area contributed by atoms with E-state index in [1.54, 1.807) is 0 Å². The van der Waals surface area contributed by atoms with Crippen molar-refractivity contribution in [2.45, 2.75) is 0 Å². The fraction of sp³-hybridized carbons (Fsp3) is 0. The second-order valence-corrected chi connectivity index (χ2v) is 0.0913. The van der Waals surface area contributed by atoms with Crippen LogP contribution in [0.1, 0.15) is 0 Å². The number of hydrogen-bond acceptors (Lipinski definition) is 1. The average Bonchev–Trinajstić information content (AvgIpc) is 0.918. The predicted molar refractivity (Wildman–Crippen MR) is 8.32 cm³/mol. The molecule has 0 saturated heterocycles. The average molecular weight is 312 g/mol. The van der Waals surface area contributed by atoms with Gasteiger partial charge >= 0.3 is 0 Å². The molecule has 0 aromatic carbocycles. The van der Waals surface area contributed by atoms with Gasteiger partial charge in [-0.25, -0.2) is 0 Å². The first-order valence-corrected chi connectivity index (χ1v) is 0.428. The van der Waals surface area contributed by atoms with Crippen LogP contribution < -0.4 is 0 Å². The van der Waals surface area contributed by atoms with Gasteiger partial charge in [0.15, 0.2) is 0 Å². The molecule has 0 bridgehead atoms. The monoisotopic (exact) mass is 312 g/mol. The molecule has 6 heavy (non-hydrogen) atoms. The zero-order valence-electron chi connectivity index (χ0n) is 3.09. The van der Waals surface area contributed by atoms with Gasteiger partial charge in [-0.3, -0.25) is 0 Å². The first kappa shape index (κ1) is 23.3. The summed E-state index contributed by atoms with van der Waals surface area (Å²) in [5.74, 6) is 0. The van der Waals surface area contributed by atoms with Crippen LogP contribution in [0.15, 0.2) is 0 Å². The van der Waals surface area contributed by atoms with Gasteiger partial charge < -0.3 is 9.90 Å². The Morgan fingerprint density at radius 1 is 1.17 bits per heavy atom. The minimum Gasteiger partial charge on any atom is -0.665 e. The molecular weight excluding hydrogens is 311 g/mol. The van der Waals surface area contributed by atoms with Gasteiger partial charge in [0.05, 0.1) is 0 Å². The summed E-state index contributed by atoms with van der Waals surface area (Å²) >= 11 is 0. The molecule has 0 fully saturated rings. The second-order valence-electron chi connectivity index (χ2n) is 0.0913. The van der Waals surface area contributed by atoms with E-state index in [0.717, 1.165) is 0 Å². The van der Waals surface area contributed by atoms with Crippen LogP contribution in [0.2, 0.25) is 0 Å². The molecule has 0 amide bonds. The second kappa shape index (κ2) is 25.0. The molecule has 0 aliphatic carbocycles. The van der Waals surface area contributed by atoms with Gasteiger partial charge in [-0.05, 0) is 0 Å². The van der Waals surface area contributed by atoms with Gasteiger partial charge in [-0.1, -0.05) is 6.47 Å². The molecule has 0 saturated carbocycles.